The molecule has 0 unspecified atom stereocenters. The van der Waals surface area contributed by atoms with Gasteiger partial charge in [0, 0.05) is 38.6 Å². The molecule has 4 aliphatic rings. The van der Waals surface area contributed by atoms with Gasteiger partial charge in [0.1, 0.15) is 11.9 Å². The number of anilines is 1. The molecule has 5 heteroatoms. The summed E-state index contributed by atoms with van der Waals surface area (Å²) in [4.78, 5) is 17.7. The Kier molecular flexibility index (Phi) is 5.49. The van der Waals surface area contributed by atoms with E-state index in [4.69, 9.17) is 9.47 Å². The quantitative estimate of drug-likeness (QED) is 0.537. The molecule has 5 rings (SSSR count). The number of hydrogen-bond acceptors (Lipinski definition) is 5. The van der Waals surface area contributed by atoms with E-state index in [-0.39, 0.29) is 23.4 Å². The Balaban J connectivity index is 1.23. The minimum absolute atomic E-state index is 0.0158. The van der Waals surface area contributed by atoms with Crippen molar-refractivity contribution in [2.45, 2.75) is 45.1 Å². The van der Waals surface area contributed by atoms with E-state index in [1.165, 1.54) is 18.4 Å². The van der Waals surface area contributed by atoms with Gasteiger partial charge in [-0.15, -0.1) is 0 Å². The van der Waals surface area contributed by atoms with E-state index < -0.39 is 0 Å². The summed E-state index contributed by atoms with van der Waals surface area (Å²) in [5.74, 6) is 1.89. The molecule has 2 saturated heterocycles. The predicted octanol–water partition coefficient (Wildman–Crippen LogP) is 4.13. The number of rotatable bonds is 4. The summed E-state index contributed by atoms with van der Waals surface area (Å²) >= 11 is 0. The van der Waals surface area contributed by atoms with Crippen molar-refractivity contribution in [3.05, 3.63) is 36.4 Å². The smallest absolute Gasteiger partial charge is 0.310 e. The van der Waals surface area contributed by atoms with Gasteiger partial charge in [-0.05, 0) is 55.6 Å². The summed E-state index contributed by atoms with van der Waals surface area (Å²) in [5.41, 5.74) is 2.84. The fourth-order valence-corrected chi connectivity index (χ4v) is 6.81. The minimum atomic E-state index is 0.0158. The van der Waals surface area contributed by atoms with Gasteiger partial charge in [0.2, 0.25) is 0 Å². The lowest BCUT2D eigenvalue weighted by molar-refractivity contribution is -0.146. The summed E-state index contributed by atoms with van der Waals surface area (Å²) in [6.45, 7) is 11.5. The van der Waals surface area contributed by atoms with E-state index in [0.717, 1.165) is 63.4 Å². The lowest BCUT2D eigenvalue weighted by atomic mass is 9.55. The molecular formula is C26H36N2O3. The zero-order valence-electron chi connectivity index (χ0n) is 19.0. The van der Waals surface area contributed by atoms with Crippen molar-refractivity contribution >= 4 is 11.7 Å². The number of nitrogens with zero attached hydrogens (tertiary/aromatic N) is 2. The first kappa shape index (κ1) is 20.9. The van der Waals surface area contributed by atoms with Crippen molar-refractivity contribution in [2.24, 2.45) is 23.2 Å². The number of benzene rings is 1. The van der Waals surface area contributed by atoms with E-state index in [9.17, 15) is 4.79 Å². The first-order valence-electron chi connectivity index (χ1n) is 12.0. The second-order valence-electron chi connectivity index (χ2n) is 10.4. The molecular weight excluding hydrogens is 388 g/mol. The first-order valence-corrected chi connectivity index (χ1v) is 12.0. The zero-order valence-corrected chi connectivity index (χ0v) is 19.0. The molecule has 2 aliphatic heterocycles. The number of carbonyl (C=O) groups excluding carboxylic acids is 1. The number of fused-ring (bicyclic) bond motifs is 2. The number of carbonyl (C=O) groups is 1. The largest absolute Gasteiger partial charge is 0.495 e. The van der Waals surface area contributed by atoms with Gasteiger partial charge in [-0.2, -0.15) is 0 Å². The number of ether oxygens (including phenoxy) is 2. The van der Waals surface area contributed by atoms with Crippen LogP contribution in [0.2, 0.25) is 0 Å². The molecule has 168 valence electrons. The number of hydrogen-bond donors (Lipinski definition) is 0. The summed E-state index contributed by atoms with van der Waals surface area (Å²) in [6.07, 6.45) is 5.84. The molecule has 2 aliphatic carbocycles. The standard InChI is InChI=1S/C26H36N2O3/c1-18-7-6-10-26(2)16-24-19(15-21(18)26)20(25(29)31-24)17-27-11-13-28(14-12-27)22-8-4-5-9-23(22)30-3/h4-5,8-9,19-21,24H,1,6-7,10-17H2,2-3H3/t19-,20-,21+,24+,26-/m0/s1. The summed E-state index contributed by atoms with van der Waals surface area (Å²) in [5, 5.41) is 0. The van der Waals surface area contributed by atoms with Gasteiger partial charge < -0.3 is 14.4 Å². The van der Waals surface area contributed by atoms with Crippen molar-refractivity contribution in [1.29, 1.82) is 0 Å². The molecule has 5 nitrogen and oxygen atoms in total. The third kappa shape index (κ3) is 3.75. The molecule has 1 aromatic carbocycles. The Hall–Kier alpha value is -2.01. The van der Waals surface area contributed by atoms with Crippen LogP contribution in [-0.2, 0) is 9.53 Å². The summed E-state index contributed by atoms with van der Waals surface area (Å²) in [6, 6.07) is 8.22. The van der Waals surface area contributed by atoms with E-state index in [1.807, 2.05) is 12.1 Å². The van der Waals surface area contributed by atoms with Gasteiger partial charge in [-0.3, -0.25) is 9.69 Å². The van der Waals surface area contributed by atoms with E-state index in [0.29, 0.717) is 11.8 Å². The highest BCUT2D eigenvalue weighted by atomic mass is 16.6. The fraction of sp³-hybridized carbons (Fsp3) is 0.654. The van der Waals surface area contributed by atoms with Crippen molar-refractivity contribution < 1.29 is 14.3 Å². The maximum absolute atomic E-state index is 12.9. The summed E-state index contributed by atoms with van der Waals surface area (Å²) < 4.78 is 11.5. The highest BCUT2D eigenvalue weighted by Gasteiger charge is 2.55. The van der Waals surface area contributed by atoms with Crippen LogP contribution in [0, 0.1) is 23.2 Å². The molecule has 0 radical (unpaired) electrons. The lowest BCUT2D eigenvalue weighted by Gasteiger charge is -2.50. The Morgan fingerprint density at radius 2 is 2.00 bits per heavy atom. The molecule has 0 bridgehead atoms. The van der Waals surface area contributed by atoms with Crippen LogP contribution in [0.5, 0.6) is 5.75 Å². The topological polar surface area (TPSA) is 42.0 Å². The van der Waals surface area contributed by atoms with Crippen LogP contribution in [0.25, 0.3) is 0 Å². The molecule has 5 atom stereocenters. The van der Waals surface area contributed by atoms with Crippen molar-refractivity contribution in [2.75, 3.05) is 44.7 Å². The Bertz CT molecular complexity index is 847. The van der Waals surface area contributed by atoms with Crippen LogP contribution in [0.15, 0.2) is 36.4 Å². The molecule has 4 fully saturated rings. The average Bonchev–Trinajstić information content (AvgIpc) is 3.06. The lowest BCUT2D eigenvalue weighted by Crippen LogP contribution is -2.50. The van der Waals surface area contributed by atoms with Crippen LogP contribution in [-0.4, -0.2) is 56.8 Å². The number of para-hydroxylation sites is 2. The van der Waals surface area contributed by atoms with Gasteiger partial charge in [-0.1, -0.05) is 31.2 Å². The highest BCUT2D eigenvalue weighted by molar-refractivity contribution is 5.75. The molecule has 0 aromatic heterocycles. The van der Waals surface area contributed by atoms with Gasteiger partial charge >= 0.3 is 5.97 Å². The monoisotopic (exact) mass is 424 g/mol. The number of piperazine rings is 1. The van der Waals surface area contributed by atoms with Gasteiger partial charge in [-0.25, -0.2) is 0 Å². The molecule has 0 N–H and O–H groups in total. The second kappa shape index (κ2) is 8.16. The highest BCUT2D eigenvalue weighted by Crippen LogP contribution is 2.57. The maximum atomic E-state index is 12.9. The van der Waals surface area contributed by atoms with Crippen LogP contribution >= 0.6 is 0 Å². The molecule has 1 aromatic rings. The van der Waals surface area contributed by atoms with Crippen LogP contribution < -0.4 is 9.64 Å². The van der Waals surface area contributed by atoms with Crippen LogP contribution in [0.4, 0.5) is 5.69 Å². The van der Waals surface area contributed by atoms with Gasteiger partial charge in [0.05, 0.1) is 18.7 Å². The van der Waals surface area contributed by atoms with Crippen LogP contribution in [0.3, 0.4) is 0 Å². The van der Waals surface area contributed by atoms with E-state index >= 15 is 0 Å². The molecule has 0 amide bonds. The average molecular weight is 425 g/mol. The van der Waals surface area contributed by atoms with Gasteiger partial charge in [0.15, 0.2) is 0 Å². The predicted molar refractivity (Wildman–Crippen MR) is 122 cm³/mol. The van der Waals surface area contributed by atoms with Crippen molar-refractivity contribution in [1.82, 2.24) is 4.90 Å². The van der Waals surface area contributed by atoms with Gasteiger partial charge in [0.25, 0.3) is 0 Å². The normalized spacial score (nSPS) is 36.0. The third-order valence-corrected chi connectivity index (χ3v) is 8.57. The Morgan fingerprint density at radius 3 is 2.77 bits per heavy atom. The van der Waals surface area contributed by atoms with Crippen LogP contribution in [0.1, 0.15) is 39.0 Å². The molecule has 31 heavy (non-hydrogen) atoms. The van der Waals surface area contributed by atoms with Crippen molar-refractivity contribution in [3.63, 3.8) is 0 Å². The second-order valence-corrected chi connectivity index (χ2v) is 10.4. The molecule has 0 spiro atoms. The summed E-state index contributed by atoms with van der Waals surface area (Å²) in [7, 11) is 1.73. The zero-order chi connectivity index (χ0) is 21.6. The van der Waals surface area contributed by atoms with Crippen molar-refractivity contribution in [3.8, 4) is 5.75 Å². The number of esters is 1. The minimum Gasteiger partial charge on any atom is -0.495 e. The number of methoxy groups -OCH3 is 1. The Morgan fingerprint density at radius 1 is 1.23 bits per heavy atom. The first-order chi connectivity index (χ1) is 15.0. The number of allylic oxidation sites excluding steroid dienone is 1. The van der Waals surface area contributed by atoms with E-state index in [2.05, 4.69) is 35.4 Å². The molecule has 2 heterocycles. The SMILES string of the molecule is C=C1CCC[C@@]2(C)C[C@H]3OC(=O)[C@@H](CN4CCN(c5ccccc5OC)CC4)[C@@H]3C[C@H]12. The molecule has 2 saturated carbocycles. The third-order valence-electron chi connectivity index (χ3n) is 8.57. The van der Waals surface area contributed by atoms with E-state index in [1.54, 1.807) is 7.11 Å². The fourth-order valence-electron chi connectivity index (χ4n) is 6.81. The maximum Gasteiger partial charge on any atom is 0.310 e. The Labute approximate surface area is 186 Å².